The minimum absolute atomic E-state index is 0.151. The van der Waals surface area contributed by atoms with Crippen molar-refractivity contribution in [1.82, 2.24) is 10.2 Å². The highest BCUT2D eigenvalue weighted by atomic mass is 79.9. The zero-order valence-electron chi connectivity index (χ0n) is 10.4. The molecular weight excluding hydrogens is 316 g/mol. The Morgan fingerprint density at radius 2 is 2.00 bits per heavy atom. The van der Waals surface area contributed by atoms with E-state index in [1.165, 1.54) is 4.90 Å². The predicted octanol–water partition coefficient (Wildman–Crippen LogP) is 1.94. The second-order valence-electron chi connectivity index (χ2n) is 4.09. The number of halogens is 1. The second kappa shape index (κ2) is 6.24. The maximum atomic E-state index is 12.0. The van der Waals surface area contributed by atoms with Gasteiger partial charge in [0.05, 0.1) is 5.56 Å². The number of amides is 2. The molecule has 0 radical (unpaired) electrons. The summed E-state index contributed by atoms with van der Waals surface area (Å²) < 4.78 is 0.669. The molecule has 98 valence electrons. The van der Waals surface area contributed by atoms with Crippen molar-refractivity contribution in [2.75, 3.05) is 14.1 Å². The van der Waals surface area contributed by atoms with Crippen LogP contribution >= 0.6 is 28.6 Å². The molecule has 0 heterocycles. The lowest BCUT2D eigenvalue weighted by molar-refractivity contribution is -0.130. The Balaban J connectivity index is 2.83. The summed E-state index contributed by atoms with van der Waals surface area (Å²) in [6.07, 6.45) is 0. The average molecular weight is 331 g/mol. The van der Waals surface area contributed by atoms with Gasteiger partial charge in [-0.05, 0) is 41.1 Å². The van der Waals surface area contributed by atoms with E-state index in [-0.39, 0.29) is 11.8 Å². The van der Waals surface area contributed by atoms with Gasteiger partial charge >= 0.3 is 0 Å². The zero-order chi connectivity index (χ0) is 13.9. The summed E-state index contributed by atoms with van der Waals surface area (Å²) in [4.78, 5) is 25.8. The minimum Gasteiger partial charge on any atom is -0.347 e. The number of carbonyl (C=O) groups excluding carboxylic acids is 2. The first-order chi connectivity index (χ1) is 8.32. The molecule has 0 bridgehead atoms. The molecule has 4 nitrogen and oxygen atoms in total. The van der Waals surface area contributed by atoms with Gasteiger partial charge in [0.1, 0.15) is 6.04 Å². The van der Waals surface area contributed by atoms with Crippen LogP contribution in [0.25, 0.3) is 0 Å². The Bertz CT molecular complexity index is 477. The first-order valence-electron chi connectivity index (χ1n) is 5.33. The quantitative estimate of drug-likeness (QED) is 0.832. The molecular formula is C12H15BrN2O2S. The topological polar surface area (TPSA) is 49.4 Å². The zero-order valence-corrected chi connectivity index (χ0v) is 12.9. The average Bonchev–Trinajstić information content (AvgIpc) is 2.30. The standard InChI is InChI=1S/C12H15BrN2O2S/c1-7(12(17)15(2)3)14-11(16)9-6-8(18)4-5-10(9)13/h4-7,18H,1-3H3,(H,14,16). The van der Waals surface area contributed by atoms with Crippen molar-refractivity contribution in [3.63, 3.8) is 0 Å². The number of nitrogens with one attached hydrogen (secondary N) is 1. The van der Waals surface area contributed by atoms with Crippen molar-refractivity contribution in [1.29, 1.82) is 0 Å². The molecule has 1 aromatic carbocycles. The van der Waals surface area contributed by atoms with E-state index in [9.17, 15) is 9.59 Å². The number of hydrogen-bond acceptors (Lipinski definition) is 3. The van der Waals surface area contributed by atoms with E-state index in [0.717, 1.165) is 0 Å². The van der Waals surface area contributed by atoms with Crippen LogP contribution in [-0.4, -0.2) is 36.9 Å². The number of rotatable bonds is 3. The maximum Gasteiger partial charge on any atom is 0.253 e. The molecule has 0 saturated carbocycles. The van der Waals surface area contributed by atoms with Crippen molar-refractivity contribution in [2.45, 2.75) is 17.9 Å². The Labute approximate surface area is 120 Å². The van der Waals surface area contributed by atoms with Crippen molar-refractivity contribution < 1.29 is 9.59 Å². The van der Waals surface area contributed by atoms with Crippen LogP contribution in [0.2, 0.25) is 0 Å². The molecule has 1 N–H and O–H groups in total. The highest BCUT2D eigenvalue weighted by Crippen LogP contribution is 2.20. The Kier molecular flexibility index (Phi) is 5.22. The third-order valence-corrected chi connectivity index (χ3v) is 3.32. The van der Waals surface area contributed by atoms with Crippen LogP contribution in [0.15, 0.2) is 27.6 Å². The van der Waals surface area contributed by atoms with Crippen molar-refractivity contribution in [3.05, 3.63) is 28.2 Å². The van der Waals surface area contributed by atoms with Gasteiger partial charge in [-0.15, -0.1) is 12.6 Å². The molecule has 0 aliphatic rings. The SMILES string of the molecule is CC(NC(=O)c1cc(S)ccc1Br)C(=O)N(C)C. The fraction of sp³-hybridized carbons (Fsp3) is 0.333. The number of carbonyl (C=O) groups is 2. The Morgan fingerprint density at radius 3 is 2.56 bits per heavy atom. The van der Waals surface area contributed by atoms with Crippen molar-refractivity contribution >= 4 is 40.4 Å². The minimum atomic E-state index is -0.567. The van der Waals surface area contributed by atoms with Crippen LogP contribution in [-0.2, 0) is 4.79 Å². The summed E-state index contributed by atoms with van der Waals surface area (Å²) in [5.41, 5.74) is 0.459. The number of benzene rings is 1. The van der Waals surface area contributed by atoms with Gasteiger partial charge in [0, 0.05) is 23.5 Å². The molecule has 0 aromatic heterocycles. The van der Waals surface area contributed by atoms with E-state index in [4.69, 9.17) is 0 Å². The molecule has 1 aromatic rings. The number of hydrogen-bond donors (Lipinski definition) is 2. The maximum absolute atomic E-state index is 12.0. The van der Waals surface area contributed by atoms with E-state index in [2.05, 4.69) is 33.9 Å². The van der Waals surface area contributed by atoms with Crippen LogP contribution in [0.3, 0.4) is 0 Å². The van der Waals surface area contributed by atoms with E-state index >= 15 is 0 Å². The van der Waals surface area contributed by atoms with Gasteiger partial charge in [-0.3, -0.25) is 9.59 Å². The summed E-state index contributed by atoms with van der Waals surface area (Å²) in [6.45, 7) is 1.65. The van der Waals surface area contributed by atoms with Gasteiger partial charge in [0.25, 0.3) is 5.91 Å². The van der Waals surface area contributed by atoms with Gasteiger partial charge < -0.3 is 10.2 Å². The monoisotopic (exact) mass is 330 g/mol. The summed E-state index contributed by atoms with van der Waals surface area (Å²) in [6, 6.07) is 4.60. The first kappa shape index (κ1) is 15.0. The molecule has 18 heavy (non-hydrogen) atoms. The molecule has 1 rings (SSSR count). The molecule has 6 heteroatoms. The smallest absolute Gasteiger partial charge is 0.253 e. The van der Waals surface area contributed by atoms with Gasteiger partial charge in [0.2, 0.25) is 5.91 Å². The van der Waals surface area contributed by atoms with E-state index in [1.807, 2.05) is 0 Å². The highest BCUT2D eigenvalue weighted by Gasteiger charge is 2.19. The van der Waals surface area contributed by atoms with Crippen LogP contribution in [0.1, 0.15) is 17.3 Å². The lowest BCUT2D eigenvalue weighted by Crippen LogP contribution is -2.44. The van der Waals surface area contributed by atoms with E-state index in [0.29, 0.717) is 14.9 Å². The van der Waals surface area contributed by atoms with Crippen LogP contribution < -0.4 is 5.32 Å². The molecule has 0 aliphatic carbocycles. The third-order valence-electron chi connectivity index (χ3n) is 2.35. The lowest BCUT2D eigenvalue weighted by atomic mass is 10.2. The second-order valence-corrected chi connectivity index (χ2v) is 5.46. The van der Waals surface area contributed by atoms with Crippen molar-refractivity contribution in [2.24, 2.45) is 0 Å². The molecule has 0 spiro atoms. The highest BCUT2D eigenvalue weighted by molar-refractivity contribution is 9.10. The Hall–Kier alpha value is -1.01. The summed E-state index contributed by atoms with van der Waals surface area (Å²) >= 11 is 7.48. The lowest BCUT2D eigenvalue weighted by Gasteiger charge is -2.18. The van der Waals surface area contributed by atoms with Crippen LogP contribution in [0.5, 0.6) is 0 Å². The number of thiol groups is 1. The normalized spacial score (nSPS) is 11.8. The fourth-order valence-electron chi connectivity index (χ4n) is 1.41. The number of likely N-dealkylation sites (N-methyl/N-ethyl adjacent to an activating group) is 1. The predicted molar refractivity (Wildman–Crippen MR) is 77.0 cm³/mol. The van der Waals surface area contributed by atoms with E-state index in [1.54, 1.807) is 39.2 Å². The summed E-state index contributed by atoms with van der Waals surface area (Å²) in [7, 11) is 3.30. The summed E-state index contributed by atoms with van der Waals surface area (Å²) in [5.74, 6) is -0.457. The van der Waals surface area contributed by atoms with Gasteiger partial charge in [-0.2, -0.15) is 0 Å². The molecule has 1 atom stereocenters. The van der Waals surface area contributed by atoms with Crippen LogP contribution in [0, 0.1) is 0 Å². The molecule has 0 fully saturated rings. The van der Waals surface area contributed by atoms with Crippen LogP contribution in [0.4, 0.5) is 0 Å². The molecule has 2 amide bonds. The summed E-state index contributed by atoms with van der Waals surface area (Å²) in [5, 5.41) is 2.65. The van der Waals surface area contributed by atoms with Crippen molar-refractivity contribution in [3.8, 4) is 0 Å². The largest absolute Gasteiger partial charge is 0.347 e. The molecule has 0 saturated heterocycles. The molecule has 0 aliphatic heterocycles. The van der Waals surface area contributed by atoms with E-state index < -0.39 is 6.04 Å². The fourth-order valence-corrected chi connectivity index (χ4v) is 2.04. The number of nitrogens with zero attached hydrogens (tertiary/aromatic N) is 1. The first-order valence-corrected chi connectivity index (χ1v) is 6.57. The van der Waals surface area contributed by atoms with Gasteiger partial charge in [-0.1, -0.05) is 0 Å². The van der Waals surface area contributed by atoms with Gasteiger partial charge in [0.15, 0.2) is 0 Å². The van der Waals surface area contributed by atoms with Gasteiger partial charge in [-0.25, -0.2) is 0 Å². The molecule has 1 unspecified atom stereocenters. The Morgan fingerprint density at radius 1 is 1.39 bits per heavy atom. The third kappa shape index (κ3) is 3.74.